The minimum atomic E-state index is 0.254. The minimum Gasteiger partial charge on any atom is -0.336 e. The van der Waals surface area contributed by atoms with Crippen LogP contribution in [0.25, 0.3) is 0 Å². The molecule has 1 heterocycles. The van der Waals surface area contributed by atoms with Crippen molar-refractivity contribution in [3.63, 3.8) is 0 Å². The molecular weight excluding hydrogens is 190 g/mol. The van der Waals surface area contributed by atoms with Crippen LogP contribution in [0.15, 0.2) is 0 Å². The van der Waals surface area contributed by atoms with Gasteiger partial charge in [-0.25, -0.2) is 0 Å². The molecule has 15 heavy (non-hydrogen) atoms. The van der Waals surface area contributed by atoms with Gasteiger partial charge in [0.05, 0.1) is 6.54 Å². The van der Waals surface area contributed by atoms with E-state index >= 15 is 0 Å². The van der Waals surface area contributed by atoms with E-state index in [1.54, 1.807) is 0 Å². The Morgan fingerprint density at radius 3 is 3.00 bits per heavy atom. The summed E-state index contributed by atoms with van der Waals surface area (Å²) in [7, 11) is 0. The van der Waals surface area contributed by atoms with Gasteiger partial charge in [0.1, 0.15) is 0 Å². The first kappa shape index (κ1) is 10.9. The van der Waals surface area contributed by atoms with Gasteiger partial charge in [-0.05, 0) is 32.2 Å². The van der Waals surface area contributed by atoms with Gasteiger partial charge in [0.15, 0.2) is 0 Å². The molecule has 1 saturated carbocycles. The van der Waals surface area contributed by atoms with Crippen LogP contribution in [0.5, 0.6) is 0 Å². The lowest BCUT2D eigenvalue weighted by Gasteiger charge is -2.34. The molecule has 0 spiro atoms. The van der Waals surface area contributed by atoms with Crippen molar-refractivity contribution in [1.29, 1.82) is 0 Å². The van der Waals surface area contributed by atoms with Crippen LogP contribution < -0.4 is 10.6 Å². The van der Waals surface area contributed by atoms with Crippen LogP contribution in [-0.2, 0) is 4.79 Å². The Bertz CT molecular complexity index is 228. The van der Waals surface area contributed by atoms with Gasteiger partial charge >= 0.3 is 0 Å². The quantitative estimate of drug-likeness (QED) is 0.677. The van der Waals surface area contributed by atoms with E-state index < -0.39 is 0 Å². The van der Waals surface area contributed by atoms with Crippen molar-refractivity contribution < 1.29 is 4.79 Å². The Morgan fingerprint density at radius 1 is 1.53 bits per heavy atom. The highest BCUT2D eigenvalue weighted by molar-refractivity contribution is 5.78. The standard InChI is InChI=1S/C11H21N3O/c1-9-6-12-4-5-14(9)11(15)8-13-7-10-2-3-10/h9-10,12-13H,2-8H2,1H3. The fourth-order valence-corrected chi connectivity index (χ4v) is 2.02. The van der Waals surface area contributed by atoms with Crippen molar-refractivity contribution >= 4 is 5.91 Å². The monoisotopic (exact) mass is 211 g/mol. The number of carbonyl (C=O) groups is 1. The average molecular weight is 211 g/mol. The molecule has 0 bridgehead atoms. The van der Waals surface area contributed by atoms with Crippen molar-refractivity contribution in [1.82, 2.24) is 15.5 Å². The molecule has 2 aliphatic rings. The highest BCUT2D eigenvalue weighted by Gasteiger charge is 2.24. The fraction of sp³-hybridized carbons (Fsp3) is 0.909. The molecule has 4 nitrogen and oxygen atoms in total. The second-order valence-corrected chi connectivity index (χ2v) is 4.71. The van der Waals surface area contributed by atoms with E-state index in [1.165, 1.54) is 12.8 Å². The SMILES string of the molecule is CC1CNCCN1C(=O)CNCC1CC1. The predicted octanol–water partition coefficient (Wildman–Crippen LogP) is -0.194. The first-order valence-electron chi connectivity index (χ1n) is 5.98. The van der Waals surface area contributed by atoms with Gasteiger partial charge in [0, 0.05) is 25.7 Å². The van der Waals surface area contributed by atoms with E-state index in [-0.39, 0.29) is 5.91 Å². The first-order chi connectivity index (χ1) is 7.27. The van der Waals surface area contributed by atoms with Crippen LogP contribution in [0.3, 0.4) is 0 Å². The van der Waals surface area contributed by atoms with E-state index in [0.29, 0.717) is 12.6 Å². The van der Waals surface area contributed by atoms with E-state index in [4.69, 9.17) is 0 Å². The molecule has 0 aromatic heterocycles. The Hall–Kier alpha value is -0.610. The Morgan fingerprint density at radius 2 is 2.33 bits per heavy atom. The number of hydrogen-bond donors (Lipinski definition) is 2. The fourth-order valence-electron chi connectivity index (χ4n) is 2.02. The lowest BCUT2D eigenvalue weighted by atomic mass is 10.2. The maximum absolute atomic E-state index is 11.8. The third-order valence-corrected chi connectivity index (χ3v) is 3.23. The topological polar surface area (TPSA) is 44.4 Å². The van der Waals surface area contributed by atoms with Gasteiger partial charge in [0.25, 0.3) is 0 Å². The van der Waals surface area contributed by atoms with Crippen molar-refractivity contribution in [3.8, 4) is 0 Å². The van der Waals surface area contributed by atoms with E-state index in [1.807, 2.05) is 4.90 Å². The number of amides is 1. The lowest BCUT2D eigenvalue weighted by Crippen LogP contribution is -2.54. The van der Waals surface area contributed by atoms with Gasteiger partial charge < -0.3 is 15.5 Å². The van der Waals surface area contributed by atoms with E-state index in [2.05, 4.69) is 17.6 Å². The van der Waals surface area contributed by atoms with Gasteiger partial charge in [-0.2, -0.15) is 0 Å². The van der Waals surface area contributed by atoms with Gasteiger partial charge in [0.2, 0.25) is 5.91 Å². The second kappa shape index (κ2) is 4.94. The third kappa shape index (κ3) is 3.18. The van der Waals surface area contributed by atoms with Gasteiger partial charge in [-0.15, -0.1) is 0 Å². The summed E-state index contributed by atoms with van der Waals surface area (Å²) in [5.74, 6) is 1.10. The Balaban J connectivity index is 1.68. The van der Waals surface area contributed by atoms with Crippen LogP contribution in [0.2, 0.25) is 0 Å². The molecule has 1 amide bonds. The lowest BCUT2D eigenvalue weighted by molar-refractivity contribution is -0.132. The van der Waals surface area contributed by atoms with E-state index in [0.717, 1.165) is 32.1 Å². The Labute approximate surface area is 91.4 Å². The number of nitrogens with one attached hydrogen (secondary N) is 2. The maximum Gasteiger partial charge on any atom is 0.236 e. The van der Waals surface area contributed by atoms with Crippen molar-refractivity contribution in [2.45, 2.75) is 25.8 Å². The molecule has 4 heteroatoms. The van der Waals surface area contributed by atoms with Crippen LogP contribution >= 0.6 is 0 Å². The summed E-state index contributed by atoms with van der Waals surface area (Å²) in [6.45, 7) is 6.34. The zero-order valence-corrected chi connectivity index (χ0v) is 9.46. The summed E-state index contributed by atoms with van der Waals surface area (Å²) < 4.78 is 0. The molecule has 2 rings (SSSR count). The van der Waals surface area contributed by atoms with Gasteiger partial charge in [-0.3, -0.25) is 4.79 Å². The molecule has 86 valence electrons. The molecular formula is C11H21N3O. The maximum atomic E-state index is 11.8. The molecule has 0 aromatic carbocycles. The summed E-state index contributed by atoms with van der Waals surface area (Å²) >= 11 is 0. The summed E-state index contributed by atoms with van der Waals surface area (Å²) in [6.07, 6.45) is 2.68. The number of carbonyl (C=O) groups excluding carboxylic acids is 1. The first-order valence-corrected chi connectivity index (χ1v) is 5.98. The summed E-state index contributed by atoms with van der Waals surface area (Å²) in [5, 5.41) is 6.54. The van der Waals surface area contributed by atoms with Crippen LogP contribution in [0, 0.1) is 5.92 Å². The molecule has 1 unspecified atom stereocenters. The van der Waals surface area contributed by atoms with Crippen molar-refractivity contribution in [3.05, 3.63) is 0 Å². The van der Waals surface area contributed by atoms with E-state index in [9.17, 15) is 4.79 Å². The average Bonchev–Trinajstić information content (AvgIpc) is 3.02. The zero-order chi connectivity index (χ0) is 10.7. The molecule has 1 aliphatic heterocycles. The Kier molecular flexibility index (Phi) is 3.59. The van der Waals surface area contributed by atoms with Crippen LogP contribution in [0.1, 0.15) is 19.8 Å². The molecule has 1 aliphatic carbocycles. The van der Waals surface area contributed by atoms with Crippen LogP contribution in [0.4, 0.5) is 0 Å². The second-order valence-electron chi connectivity index (χ2n) is 4.71. The zero-order valence-electron chi connectivity index (χ0n) is 9.46. The summed E-state index contributed by atoms with van der Waals surface area (Å²) in [6, 6.07) is 0.342. The number of hydrogen-bond acceptors (Lipinski definition) is 3. The third-order valence-electron chi connectivity index (χ3n) is 3.23. The summed E-state index contributed by atoms with van der Waals surface area (Å²) in [5.41, 5.74) is 0. The minimum absolute atomic E-state index is 0.254. The van der Waals surface area contributed by atoms with Crippen molar-refractivity contribution in [2.24, 2.45) is 5.92 Å². The van der Waals surface area contributed by atoms with Crippen molar-refractivity contribution in [2.75, 3.05) is 32.7 Å². The molecule has 0 aromatic rings. The molecule has 0 radical (unpaired) electrons. The normalized spacial score (nSPS) is 26.7. The highest BCUT2D eigenvalue weighted by atomic mass is 16.2. The molecule has 1 atom stereocenters. The summed E-state index contributed by atoms with van der Waals surface area (Å²) in [4.78, 5) is 13.8. The molecule has 2 fully saturated rings. The number of rotatable bonds is 4. The molecule has 2 N–H and O–H groups in total. The smallest absolute Gasteiger partial charge is 0.236 e. The number of piperazine rings is 1. The number of nitrogens with zero attached hydrogens (tertiary/aromatic N) is 1. The largest absolute Gasteiger partial charge is 0.336 e. The highest BCUT2D eigenvalue weighted by Crippen LogP contribution is 2.27. The molecule has 1 saturated heterocycles. The van der Waals surface area contributed by atoms with Gasteiger partial charge in [-0.1, -0.05) is 0 Å². The van der Waals surface area contributed by atoms with Crippen LogP contribution in [-0.4, -0.2) is 49.6 Å². The predicted molar refractivity (Wildman–Crippen MR) is 59.6 cm³/mol.